The molecule has 1 heteroatoms. The van der Waals surface area contributed by atoms with Gasteiger partial charge in [-0.1, -0.05) is 52.0 Å². The molecule has 0 aliphatic heterocycles. The normalized spacial score (nSPS) is 13.4. The molecular formula is C15H24O. The second-order valence-electron chi connectivity index (χ2n) is 5.31. The predicted octanol–water partition coefficient (Wildman–Crippen LogP) is 4.28. The summed E-state index contributed by atoms with van der Waals surface area (Å²) in [4.78, 5) is 0. The van der Waals surface area contributed by atoms with Crippen LogP contribution in [0.1, 0.15) is 63.7 Å². The molecule has 0 spiro atoms. The van der Waals surface area contributed by atoms with Gasteiger partial charge in [0.25, 0.3) is 0 Å². The van der Waals surface area contributed by atoms with Gasteiger partial charge >= 0.3 is 0 Å². The summed E-state index contributed by atoms with van der Waals surface area (Å²) >= 11 is 0. The molecule has 90 valence electrons. The minimum atomic E-state index is -0.302. The summed E-state index contributed by atoms with van der Waals surface area (Å²) in [5.41, 5.74) is 2.38. The lowest BCUT2D eigenvalue weighted by molar-refractivity contribution is 0.159. The van der Waals surface area contributed by atoms with Crippen molar-refractivity contribution in [3.05, 3.63) is 35.4 Å². The van der Waals surface area contributed by atoms with Crippen molar-refractivity contribution in [2.24, 2.45) is 5.92 Å². The van der Waals surface area contributed by atoms with Crippen LogP contribution in [0.4, 0.5) is 0 Å². The maximum absolute atomic E-state index is 10.00. The van der Waals surface area contributed by atoms with Crippen LogP contribution in [0, 0.1) is 5.92 Å². The van der Waals surface area contributed by atoms with Gasteiger partial charge in [0.15, 0.2) is 0 Å². The number of hydrogen-bond acceptors (Lipinski definition) is 1. The molecule has 0 radical (unpaired) electrons. The zero-order chi connectivity index (χ0) is 12.1. The van der Waals surface area contributed by atoms with E-state index in [1.54, 1.807) is 0 Å². The van der Waals surface area contributed by atoms with Gasteiger partial charge in [0.2, 0.25) is 0 Å². The lowest BCUT2D eigenvalue weighted by Crippen LogP contribution is -2.00. The van der Waals surface area contributed by atoms with Crippen LogP contribution in [0.15, 0.2) is 24.3 Å². The molecule has 1 aromatic rings. The summed E-state index contributed by atoms with van der Waals surface area (Å²) < 4.78 is 0. The summed E-state index contributed by atoms with van der Waals surface area (Å²) in [7, 11) is 0. The zero-order valence-electron chi connectivity index (χ0n) is 10.9. The molecule has 1 unspecified atom stereocenters. The first-order valence-corrected chi connectivity index (χ1v) is 6.28. The predicted molar refractivity (Wildman–Crippen MR) is 69.6 cm³/mol. The molecule has 0 bridgehead atoms. The number of benzene rings is 1. The molecule has 1 aromatic carbocycles. The van der Waals surface area contributed by atoms with E-state index in [-0.39, 0.29) is 6.10 Å². The minimum Gasteiger partial charge on any atom is -0.388 e. The Morgan fingerprint density at radius 2 is 1.38 bits per heavy atom. The molecule has 0 aliphatic carbocycles. The molecular weight excluding hydrogens is 196 g/mol. The van der Waals surface area contributed by atoms with Gasteiger partial charge in [-0.25, -0.2) is 0 Å². The van der Waals surface area contributed by atoms with Crippen LogP contribution in [0.5, 0.6) is 0 Å². The number of aliphatic hydroxyl groups is 1. The fourth-order valence-corrected chi connectivity index (χ4v) is 1.76. The van der Waals surface area contributed by atoms with Crippen molar-refractivity contribution >= 4 is 0 Å². The van der Waals surface area contributed by atoms with Crippen molar-refractivity contribution < 1.29 is 5.11 Å². The van der Waals surface area contributed by atoms with Crippen LogP contribution in [0.25, 0.3) is 0 Å². The van der Waals surface area contributed by atoms with E-state index in [4.69, 9.17) is 0 Å². The average Bonchev–Trinajstić information content (AvgIpc) is 2.26. The van der Waals surface area contributed by atoms with Crippen LogP contribution in [-0.4, -0.2) is 5.11 Å². The number of aliphatic hydroxyl groups excluding tert-OH is 1. The molecule has 16 heavy (non-hydrogen) atoms. The Bertz CT molecular complexity index is 298. The van der Waals surface area contributed by atoms with Crippen LogP contribution >= 0.6 is 0 Å². The van der Waals surface area contributed by atoms with E-state index < -0.39 is 0 Å². The molecule has 1 rings (SSSR count). The average molecular weight is 220 g/mol. The highest BCUT2D eigenvalue weighted by molar-refractivity contribution is 5.26. The van der Waals surface area contributed by atoms with Gasteiger partial charge < -0.3 is 5.11 Å². The van der Waals surface area contributed by atoms with E-state index in [2.05, 4.69) is 52.0 Å². The van der Waals surface area contributed by atoms with Gasteiger partial charge in [0, 0.05) is 0 Å². The highest BCUT2D eigenvalue weighted by atomic mass is 16.3. The van der Waals surface area contributed by atoms with Gasteiger partial charge in [0.05, 0.1) is 6.10 Å². The van der Waals surface area contributed by atoms with E-state index in [1.165, 1.54) is 5.56 Å². The Labute approximate surface area is 99.5 Å². The Hall–Kier alpha value is -0.820. The topological polar surface area (TPSA) is 20.2 Å². The molecule has 0 saturated carbocycles. The Balaban J connectivity index is 2.59. The standard InChI is InChI=1S/C15H24O/c1-11(2)5-10-15(16)14-8-6-13(7-9-14)12(3)4/h6-9,11-12,15-16H,5,10H2,1-4H3. The van der Waals surface area contributed by atoms with Gasteiger partial charge in [-0.05, 0) is 35.8 Å². The maximum atomic E-state index is 10.00. The lowest BCUT2D eigenvalue weighted by atomic mass is 9.97. The summed E-state index contributed by atoms with van der Waals surface area (Å²) in [6, 6.07) is 8.36. The molecule has 0 aromatic heterocycles. The molecule has 0 heterocycles. The quantitative estimate of drug-likeness (QED) is 0.785. The lowest BCUT2D eigenvalue weighted by Gasteiger charge is -2.13. The molecule has 0 aliphatic rings. The van der Waals surface area contributed by atoms with E-state index in [0.29, 0.717) is 11.8 Å². The largest absolute Gasteiger partial charge is 0.388 e. The van der Waals surface area contributed by atoms with Gasteiger partial charge in [-0.2, -0.15) is 0 Å². The van der Waals surface area contributed by atoms with Crippen LogP contribution < -0.4 is 0 Å². The molecule has 1 nitrogen and oxygen atoms in total. The number of rotatable bonds is 5. The van der Waals surface area contributed by atoms with Crippen molar-refractivity contribution in [1.82, 2.24) is 0 Å². The summed E-state index contributed by atoms with van der Waals surface area (Å²) in [5, 5.41) is 10.00. The Morgan fingerprint density at radius 1 is 0.875 bits per heavy atom. The Kier molecular flexibility index (Phi) is 5.01. The van der Waals surface area contributed by atoms with Gasteiger partial charge in [-0.3, -0.25) is 0 Å². The smallest absolute Gasteiger partial charge is 0.0790 e. The highest BCUT2D eigenvalue weighted by Crippen LogP contribution is 2.23. The van der Waals surface area contributed by atoms with Crippen LogP contribution in [0.3, 0.4) is 0 Å². The van der Waals surface area contributed by atoms with Crippen molar-refractivity contribution in [3.8, 4) is 0 Å². The first-order chi connectivity index (χ1) is 7.50. The maximum Gasteiger partial charge on any atom is 0.0790 e. The molecule has 1 N–H and O–H groups in total. The summed E-state index contributed by atoms with van der Waals surface area (Å²) in [6.07, 6.45) is 1.63. The molecule has 0 amide bonds. The van der Waals surface area contributed by atoms with E-state index >= 15 is 0 Å². The monoisotopic (exact) mass is 220 g/mol. The minimum absolute atomic E-state index is 0.302. The van der Waals surface area contributed by atoms with E-state index in [9.17, 15) is 5.11 Å². The fraction of sp³-hybridized carbons (Fsp3) is 0.600. The first kappa shape index (κ1) is 13.2. The van der Waals surface area contributed by atoms with E-state index in [0.717, 1.165) is 18.4 Å². The van der Waals surface area contributed by atoms with Crippen molar-refractivity contribution in [1.29, 1.82) is 0 Å². The molecule has 1 atom stereocenters. The van der Waals surface area contributed by atoms with Crippen molar-refractivity contribution in [3.63, 3.8) is 0 Å². The van der Waals surface area contributed by atoms with E-state index in [1.807, 2.05) is 0 Å². The van der Waals surface area contributed by atoms with Crippen molar-refractivity contribution in [2.45, 2.75) is 52.6 Å². The molecule has 0 saturated heterocycles. The van der Waals surface area contributed by atoms with Crippen LogP contribution in [-0.2, 0) is 0 Å². The summed E-state index contributed by atoms with van der Waals surface area (Å²) in [6.45, 7) is 8.75. The SMILES string of the molecule is CC(C)CCC(O)c1ccc(C(C)C)cc1. The second-order valence-corrected chi connectivity index (χ2v) is 5.31. The molecule has 0 fully saturated rings. The third kappa shape index (κ3) is 3.97. The number of hydrogen-bond donors (Lipinski definition) is 1. The highest BCUT2D eigenvalue weighted by Gasteiger charge is 2.08. The fourth-order valence-electron chi connectivity index (χ4n) is 1.76. The Morgan fingerprint density at radius 3 is 1.81 bits per heavy atom. The summed E-state index contributed by atoms with van der Waals surface area (Å²) in [5.74, 6) is 1.21. The third-order valence-corrected chi connectivity index (χ3v) is 3.01. The van der Waals surface area contributed by atoms with Gasteiger partial charge in [-0.15, -0.1) is 0 Å². The third-order valence-electron chi connectivity index (χ3n) is 3.01. The van der Waals surface area contributed by atoms with Gasteiger partial charge in [0.1, 0.15) is 0 Å². The zero-order valence-corrected chi connectivity index (χ0v) is 10.9. The first-order valence-electron chi connectivity index (χ1n) is 6.28. The second kappa shape index (κ2) is 6.05. The van der Waals surface area contributed by atoms with Crippen LogP contribution in [0.2, 0.25) is 0 Å². The van der Waals surface area contributed by atoms with Crippen molar-refractivity contribution in [2.75, 3.05) is 0 Å².